The summed E-state index contributed by atoms with van der Waals surface area (Å²) in [5, 5.41) is 8.52. The molecule has 1 aliphatic rings. The molecule has 0 saturated heterocycles. The predicted molar refractivity (Wildman–Crippen MR) is 80.1 cm³/mol. The summed E-state index contributed by atoms with van der Waals surface area (Å²) in [6.45, 7) is 1.53. The number of fused-ring (bicyclic) bond motifs is 1. The van der Waals surface area contributed by atoms with Crippen molar-refractivity contribution in [3.63, 3.8) is 0 Å². The average Bonchev–Trinajstić information content (AvgIpc) is 3.12. The highest BCUT2D eigenvalue weighted by atomic mass is 16.5. The second-order valence-electron chi connectivity index (χ2n) is 5.69. The zero-order valence-electron chi connectivity index (χ0n) is 12.0. The van der Waals surface area contributed by atoms with Gasteiger partial charge in [0.15, 0.2) is 5.82 Å². The minimum Gasteiger partial charge on any atom is -0.340 e. The maximum atomic E-state index is 5.33. The summed E-state index contributed by atoms with van der Waals surface area (Å²) in [5.41, 5.74) is 2.48. The van der Waals surface area contributed by atoms with Crippen LogP contribution in [0.25, 0.3) is 10.9 Å². The molecule has 1 fully saturated rings. The molecule has 2 heterocycles. The van der Waals surface area contributed by atoms with E-state index in [2.05, 4.69) is 50.5 Å². The summed E-state index contributed by atoms with van der Waals surface area (Å²) in [6, 6.07) is 8.65. The van der Waals surface area contributed by atoms with Gasteiger partial charge in [-0.2, -0.15) is 4.98 Å². The van der Waals surface area contributed by atoms with Gasteiger partial charge in [0.25, 0.3) is 0 Å². The number of hydrogen-bond donors (Lipinski definition) is 1. The first kappa shape index (κ1) is 12.6. The Morgan fingerprint density at radius 3 is 3.05 bits per heavy atom. The lowest BCUT2D eigenvalue weighted by Crippen LogP contribution is -2.05. The Hall–Kier alpha value is -2.14. The van der Waals surface area contributed by atoms with Crippen LogP contribution in [0.3, 0.4) is 0 Å². The third kappa shape index (κ3) is 2.45. The van der Waals surface area contributed by atoms with E-state index >= 15 is 0 Å². The molecule has 5 nitrogen and oxygen atoms in total. The van der Waals surface area contributed by atoms with E-state index in [0.717, 1.165) is 18.3 Å². The summed E-state index contributed by atoms with van der Waals surface area (Å²) in [4.78, 5) is 4.50. The van der Waals surface area contributed by atoms with Crippen LogP contribution in [0.1, 0.15) is 36.0 Å². The summed E-state index contributed by atoms with van der Waals surface area (Å²) < 4.78 is 7.50. The highest BCUT2D eigenvalue weighted by Gasteiger charge is 2.29. The third-order valence-electron chi connectivity index (χ3n) is 3.94. The molecule has 0 amide bonds. The van der Waals surface area contributed by atoms with Crippen LogP contribution >= 0.6 is 0 Å². The summed E-state index contributed by atoms with van der Waals surface area (Å²) in [7, 11) is 1.96. The van der Waals surface area contributed by atoms with E-state index in [-0.39, 0.29) is 0 Å². The number of nitrogens with one attached hydrogen (secondary N) is 1. The Kier molecular flexibility index (Phi) is 3.00. The van der Waals surface area contributed by atoms with Gasteiger partial charge in [-0.05, 0) is 43.0 Å². The monoisotopic (exact) mass is 282 g/mol. The lowest BCUT2D eigenvalue weighted by Gasteiger charge is -2.04. The van der Waals surface area contributed by atoms with Crippen LogP contribution in [-0.2, 0) is 13.1 Å². The molecule has 5 heteroatoms. The van der Waals surface area contributed by atoms with E-state index in [0.29, 0.717) is 12.5 Å². The maximum absolute atomic E-state index is 5.33. The van der Waals surface area contributed by atoms with Crippen molar-refractivity contribution >= 4 is 10.9 Å². The topological polar surface area (TPSA) is 55.9 Å². The molecule has 3 aromatic rings. The van der Waals surface area contributed by atoms with Gasteiger partial charge in [0, 0.05) is 24.2 Å². The van der Waals surface area contributed by atoms with Gasteiger partial charge in [-0.1, -0.05) is 17.3 Å². The van der Waals surface area contributed by atoms with E-state index in [4.69, 9.17) is 4.52 Å². The van der Waals surface area contributed by atoms with E-state index in [1.54, 1.807) is 0 Å². The van der Waals surface area contributed by atoms with Gasteiger partial charge < -0.3 is 14.4 Å². The molecular weight excluding hydrogens is 264 g/mol. The average molecular weight is 282 g/mol. The highest BCUT2D eigenvalue weighted by molar-refractivity contribution is 5.80. The predicted octanol–water partition coefficient (Wildman–Crippen LogP) is 2.67. The normalized spacial score (nSPS) is 14.9. The molecule has 1 aliphatic carbocycles. The van der Waals surface area contributed by atoms with Crippen LogP contribution in [0.15, 0.2) is 35.0 Å². The SMILES string of the molecule is CNCc1ccc2ccn(Cc3noc(C4CC4)n3)c2c1. The van der Waals surface area contributed by atoms with Gasteiger partial charge in [0.1, 0.15) is 0 Å². The number of benzene rings is 1. The molecule has 1 saturated carbocycles. The van der Waals surface area contributed by atoms with Crippen molar-refractivity contribution < 1.29 is 4.52 Å². The molecule has 1 N–H and O–H groups in total. The van der Waals surface area contributed by atoms with Crippen LogP contribution in [-0.4, -0.2) is 21.8 Å². The second-order valence-corrected chi connectivity index (χ2v) is 5.69. The Labute approximate surface area is 123 Å². The molecule has 0 aliphatic heterocycles. The van der Waals surface area contributed by atoms with Crippen molar-refractivity contribution in [2.45, 2.75) is 31.8 Å². The molecule has 1 aromatic carbocycles. The fraction of sp³-hybridized carbons (Fsp3) is 0.375. The Bertz CT molecular complexity index is 770. The summed E-state index contributed by atoms with van der Waals surface area (Å²) >= 11 is 0. The van der Waals surface area contributed by atoms with Crippen LogP contribution in [0.2, 0.25) is 0 Å². The van der Waals surface area contributed by atoms with Gasteiger partial charge in [0.2, 0.25) is 5.89 Å². The van der Waals surface area contributed by atoms with E-state index in [1.165, 1.54) is 29.3 Å². The van der Waals surface area contributed by atoms with Crippen molar-refractivity contribution in [3.8, 4) is 0 Å². The zero-order chi connectivity index (χ0) is 14.2. The van der Waals surface area contributed by atoms with Gasteiger partial charge in [-0.3, -0.25) is 0 Å². The molecule has 2 aromatic heterocycles. The van der Waals surface area contributed by atoms with E-state index < -0.39 is 0 Å². The van der Waals surface area contributed by atoms with Gasteiger partial charge in [-0.15, -0.1) is 0 Å². The standard InChI is InChI=1S/C16H18N4O/c1-17-9-11-2-3-12-6-7-20(14(12)8-11)10-15-18-16(21-19-15)13-4-5-13/h2-3,6-8,13,17H,4-5,9-10H2,1H3. The quantitative estimate of drug-likeness (QED) is 0.781. The van der Waals surface area contributed by atoms with Crippen LogP contribution in [0, 0.1) is 0 Å². The van der Waals surface area contributed by atoms with Gasteiger partial charge >= 0.3 is 0 Å². The van der Waals surface area contributed by atoms with E-state index in [9.17, 15) is 0 Å². The fourth-order valence-corrected chi connectivity index (χ4v) is 2.66. The molecule has 0 atom stereocenters. The second kappa shape index (κ2) is 5.00. The number of aromatic nitrogens is 3. The highest BCUT2D eigenvalue weighted by Crippen LogP contribution is 2.38. The Morgan fingerprint density at radius 1 is 1.33 bits per heavy atom. The fourth-order valence-electron chi connectivity index (χ4n) is 2.66. The first-order chi connectivity index (χ1) is 10.3. The summed E-state index contributed by atoms with van der Waals surface area (Å²) in [5.74, 6) is 2.07. The van der Waals surface area contributed by atoms with Crippen LogP contribution < -0.4 is 5.32 Å². The third-order valence-corrected chi connectivity index (χ3v) is 3.94. The minimum absolute atomic E-state index is 0.509. The van der Waals surface area contributed by atoms with Crippen molar-refractivity contribution in [2.75, 3.05) is 7.05 Å². The molecule has 0 radical (unpaired) electrons. The summed E-state index contributed by atoms with van der Waals surface area (Å²) in [6.07, 6.45) is 4.45. The molecule has 108 valence electrons. The number of rotatable bonds is 5. The number of nitrogens with zero attached hydrogens (tertiary/aromatic N) is 3. The van der Waals surface area contributed by atoms with Crippen molar-refractivity contribution in [1.82, 2.24) is 20.0 Å². The van der Waals surface area contributed by atoms with Gasteiger partial charge in [-0.25, -0.2) is 0 Å². The maximum Gasteiger partial charge on any atom is 0.229 e. The smallest absolute Gasteiger partial charge is 0.229 e. The molecule has 0 spiro atoms. The zero-order valence-corrected chi connectivity index (χ0v) is 12.0. The lowest BCUT2D eigenvalue weighted by atomic mass is 10.1. The van der Waals surface area contributed by atoms with Crippen LogP contribution in [0.4, 0.5) is 0 Å². The van der Waals surface area contributed by atoms with E-state index in [1.807, 2.05) is 7.05 Å². The Morgan fingerprint density at radius 2 is 2.24 bits per heavy atom. The van der Waals surface area contributed by atoms with Crippen LogP contribution in [0.5, 0.6) is 0 Å². The lowest BCUT2D eigenvalue weighted by molar-refractivity contribution is 0.373. The molecule has 0 unspecified atom stereocenters. The first-order valence-corrected chi connectivity index (χ1v) is 7.38. The Balaban J connectivity index is 1.63. The van der Waals surface area contributed by atoms with Crippen molar-refractivity contribution in [2.24, 2.45) is 0 Å². The molecule has 0 bridgehead atoms. The first-order valence-electron chi connectivity index (χ1n) is 7.38. The largest absolute Gasteiger partial charge is 0.340 e. The minimum atomic E-state index is 0.509. The molecule has 21 heavy (non-hydrogen) atoms. The van der Waals surface area contributed by atoms with Gasteiger partial charge in [0.05, 0.1) is 6.54 Å². The number of hydrogen-bond acceptors (Lipinski definition) is 4. The van der Waals surface area contributed by atoms with Crippen molar-refractivity contribution in [1.29, 1.82) is 0 Å². The molecular formula is C16H18N4O. The molecule has 4 rings (SSSR count). The van der Waals surface area contributed by atoms with Crippen molar-refractivity contribution in [3.05, 3.63) is 47.7 Å².